The highest BCUT2D eigenvalue weighted by Gasteiger charge is 2.11. The molecule has 1 N–H and O–H groups in total. The normalized spacial score (nSPS) is 10.3. The summed E-state index contributed by atoms with van der Waals surface area (Å²) in [6.45, 7) is 0.225. The van der Waals surface area contributed by atoms with Crippen molar-refractivity contribution in [3.05, 3.63) is 68.5 Å². The smallest absolute Gasteiger partial charge is 0.352 e. The van der Waals surface area contributed by atoms with E-state index in [9.17, 15) is 9.59 Å². The SMILES string of the molecule is O=C(O)c1cccc(=O)n1Cc1ccccc1Br. The van der Waals surface area contributed by atoms with Crippen molar-refractivity contribution >= 4 is 21.9 Å². The number of hydrogen-bond acceptors (Lipinski definition) is 2. The molecule has 0 bridgehead atoms. The van der Waals surface area contributed by atoms with E-state index < -0.39 is 5.97 Å². The lowest BCUT2D eigenvalue weighted by Gasteiger charge is -2.10. The predicted molar refractivity (Wildman–Crippen MR) is 70.9 cm³/mol. The summed E-state index contributed by atoms with van der Waals surface area (Å²) < 4.78 is 2.08. The van der Waals surface area contributed by atoms with Crippen LogP contribution in [0.1, 0.15) is 16.1 Å². The van der Waals surface area contributed by atoms with Crippen LogP contribution >= 0.6 is 15.9 Å². The zero-order valence-electron chi connectivity index (χ0n) is 9.34. The Bertz CT molecular complexity index is 649. The van der Waals surface area contributed by atoms with Gasteiger partial charge >= 0.3 is 5.97 Å². The molecule has 0 aliphatic carbocycles. The fourth-order valence-corrected chi connectivity index (χ4v) is 2.08. The Morgan fingerprint density at radius 1 is 1.17 bits per heavy atom. The van der Waals surface area contributed by atoms with Crippen LogP contribution in [0.2, 0.25) is 0 Å². The Kier molecular flexibility index (Phi) is 3.62. The highest BCUT2D eigenvalue weighted by atomic mass is 79.9. The molecule has 2 rings (SSSR count). The van der Waals surface area contributed by atoms with Gasteiger partial charge in [0.1, 0.15) is 5.69 Å². The molecule has 4 nitrogen and oxygen atoms in total. The van der Waals surface area contributed by atoms with Crippen molar-refractivity contribution < 1.29 is 9.90 Å². The Labute approximate surface area is 112 Å². The molecule has 18 heavy (non-hydrogen) atoms. The maximum absolute atomic E-state index is 11.7. The third kappa shape index (κ3) is 2.51. The summed E-state index contributed by atoms with van der Waals surface area (Å²) in [6.07, 6.45) is 0. The number of carboxylic acid groups (broad SMARTS) is 1. The third-order valence-electron chi connectivity index (χ3n) is 2.56. The van der Waals surface area contributed by atoms with Crippen LogP contribution in [0.15, 0.2) is 51.7 Å². The molecule has 92 valence electrons. The summed E-state index contributed by atoms with van der Waals surface area (Å²) in [6, 6.07) is 11.6. The topological polar surface area (TPSA) is 59.3 Å². The zero-order valence-corrected chi connectivity index (χ0v) is 10.9. The maximum Gasteiger partial charge on any atom is 0.352 e. The molecule has 0 aliphatic heterocycles. The molecule has 1 aromatic carbocycles. The first-order valence-electron chi connectivity index (χ1n) is 5.26. The van der Waals surface area contributed by atoms with Crippen molar-refractivity contribution in [2.45, 2.75) is 6.54 Å². The molecular formula is C13H10BrNO3. The number of nitrogens with zero attached hydrogens (tertiary/aromatic N) is 1. The molecule has 0 aliphatic rings. The molecule has 0 atom stereocenters. The number of carbonyl (C=O) groups is 1. The summed E-state index contributed by atoms with van der Waals surface area (Å²) in [5.74, 6) is -1.11. The highest BCUT2D eigenvalue weighted by molar-refractivity contribution is 9.10. The molecule has 0 unspecified atom stereocenters. The van der Waals surface area contributed by atoms with E-state index in [1.54, 1.807) is 0 Å². The monoisotopic (exact) mass is 307 g/mol. The zero-order chi connectivity index (χ0) is 13.1. The minimum absolute atomic E-state index is 0.0155. The molecule has 5 heteroatoms. The summed E-state index contributed by atoms with van der Waals surface area (Å²) in [7, 11) is 0. The standard InChI is InChI=1S/C13H10BrNO3/c14-10-5-2-1-4-9(10)8-15-11(13(17)18)6-3-7-12(15)16/h1-7H,8H2,(H,17,18). The summed E-state index contributed by atoms with van der Waals surface area (Å²) >= 11 is 3.38. The second kappa shape index (κ2) is 5.18. The largest absolute Gasteiger partial charge is 0.477 e. The summed E-state index contributed by atoms with van der Waals surface area (Å²) in [5.41, 5.74) is 0.511. The Balaban J connectivity index is 2.50. The minimum Gasteiger partial charge on any atom is -0.477 e. The van der Waals surface area contributed by atoms with Crippen molar-refractivity contribution in [2.24, 2.45) is 0 Å². The molecule has 1 aromatic heterocycles. The molecule has 1 heterocycles. The first-order chi connectivity index (χ1) is 8.59. The van der Waals surface area contributed by atoms with E-state index in [1.807, 2.05) is 24.3 Å². The number of aromatic nitrogens is 1. The Morgan fingerprint density at radius 3 is 2.56 bits per heavy atom. The molecule has 0 saturated carbocycles. The van der Waals surface area contributed by atoms with Crippen molar-refractivity contribution in [2.75, 3.05) is 0 Å². The van der Waals surface area contributed by atoms with Gasteiger partial charge in [-0.05, 0) is 17.7 Å². The second-order valence-corrected chi connectivity index (χ2v) is 4.59. The molecule has 2 aromatic rings. The van der Waals surface area contributed by atoms with Crippen LogP contribution in [0.3, 0.4) is 0 Å². The number of benzene rings is 1. The van der Waals surface area contributed by atoms with Crippen LogP contribution in [0.4, 0.5) is 0 Å². The van der Waals surface area contributed by atoms with Crippen molar-refractivity contribution in [1.82, 2.24) is 4.57 Å². The lowest BCUT2D eigenvalue weighted by Crippen LogP contribution is -2.25. The van der Waals surface area contributed by atoms with Gasteiger partial charge in [-0.15, -0.1) is 0 Å². The summed E-state index contributed by atoms with van der Waals surface area (Å²) in [4.78, 5) is 22.8. The average molecular weight is 308 g/mol. The molecule has 0 amide bonds. The lowest BCUT2D eigenvalue weighted by atomic mass is 10.2. The van der Waals surface area contributed by atoms with Crippen LogP contribution in [-0.4, -0.2) is 15.6 Å². The molecule has 0 saturated heterocycles. The number of rotatable bonds is 3. The van der Waals surface area contributed by atoms with Crippen molar-refractivity contribution in [1.29, 1.82) is 0 Å². The van der Waals surface area contributed by atoms with Gasteiger partial charge in [0.05, 0.1) is 6.54 Å². The fourth-order valence-electron chi connectivity index (χ4n) is 1.67. The van der Waals surface area contributed by atoms with E-state index in [0.717, 1.165) is 10.0 Å². The first kappa shape index (κ1) is 12.6. The quantitative estimate of drug-likeness (QED) is 0.947. The van der Waals surface area contributed by atoms with Crippen LogP contribution in [0, 0.1) is 0 Å². The van der Waals surface area contributed by atoms with E-state index in [1.165, 1.54) is 22.8 Å². The average Bonchev–Trinajstić information content (AvgIpc) is 2.34. The van der Waals surface area contributed by atoms with E-state index in [0.29, 0.717) is 0 Å². The van der Waals surface area contributed by atoms with Gasteiger partial charge in [-0.2, -0.15) is 0 Å². The molecule has 0 spiro atoms. The fraction of sp³-hybridized carbons (Fsp3) is 0.0769. The van der Waals surface area contributed by atoms with Crippen LogP contribution in [0.25, 0.3) is 0 Å². The van der Waals surface area contributed by atoms with Crippen molar-refractivity contribution in [3.8, 4) is 0 Å². The van der Waals surface area contributed by atoms with E-state index >= 15 is 0 Å². The van der Waals surface area contributed by atoms with E-state index in [-0.39, 0.29) is 17.8 Å². The van der Waals surface area contributed by atoms with Gasteiger partial charge in [0.25, 0.3) is 5.56 Å². The number of aromatic carboxylic acids is 1. The highest BCUT2D eigenvalue weighted by Crippen LogP contribution is 2.17. The molecule has 0 fully saturated rings. The van der Waals surface area contributed by atoms with Gasteiger partial charge in [-0.25, -0.2) is 4.79 Å². The van der Waals surface area contributed by atoms with Crippen LogP contribution in [0.5, 0.6) is 0 Å². The first-order valence-corrected chi connectivity index (χ1v) is 6.05. The number of hydrogen-bond donors (Lipinski definition) is 1. The number of carboxylic acids is 1. The Hall–Kier alpha value is -1.88. The number of pyridine rings is 1. The third-order valence-corrected chi connectivity index (χ3v) is 3.33. The summed E-state index contributed by atoms with van der Waals surface area (Å²) in [5, 5.41) is 9.07. The van der Waals surface area contributed by atoms with Crippen LogP contribution < -0.4 is 5.56 Å². The molecule has 0 radical (unpaired) electrons. The second-order valence-electron chi connectivity index (χ2n) is 3.73. The lowest BCUT2D eigenvalue weighted by molar-refractivity contribution is 0.0684. The van der Waals surface area contributed by atoms with Gasteiger partial charge in [-0.1, -0.05) is 40.2 Å². The van der Waals surface area contributed by atoms with E-state index in [4.69, 9.17) is 5.11 Å². The number of halogens is 1. The van der Waals surface area contributed by atoms with Gasteiger partial charge in [0.15, 0.2) is 0 Å². The van der Waals surface area contributed by atoms with Gasteiger partial charge in [-0.3, -0.25) is 9.36 Å². The van der Waals surface area contributed by atoms with E-state index in [2.05, 4.69) is 15.9 Å². The maximum atomic E-state index is 11.7. The van der Waals surface area contributed by atoms with Gasteiger partial charge in [0, 0.05) is 10.5 Å². The van der Waals surface area contributed by atoms with Crippen LogP contribution in [-0.2, 0) is 6.54 Å². The van der Waals surface area contributed by atoms with Crippen molar-refractivity contribution in [3.63, 3.8) is 0 Å². The minimum atomic E-state index is -1.11. The Morgan fingerprint density at radius 2 is 1.89 bits per heavy atom. The van der Waals surface area contributed by atoms with Gasteiger partial charge < -0.3 is 5.11 Å². The molecular weight excluding hydrogens is 298 g/mol. The predicted octanol–water partition coefficient (Wildman–Crippen LogP) is 2.36. The van der Waals surface area contributed by atoms with Gasteiger partial charge in [0.2, 0.25) is 0 Å².